The van der Waals surface area contributed by atoms with Gasteiger partial charge in [-0.15, -0.1) is 0 Å². The highest BCUT2D eigenvalue weighted by Gasteiger charge is 2.23. The van der Waals surface area contributed by atoms with Gasteiger partial charge in [0, 0.05) is 53.6 Å². The van der Waals surface area contributed by atoms with E-state index < -0.39 is 0 Å². The van der Waals surface area contributed by atoms with E-state index >= 15 is 0 Å². The van der Waals surface area contributed by atoms with Crippen LogP contribution in [0.3, 0.4) is 0 Å². The third-order valence-electron chi connectivity index (χ3n) is 6.83. The van der Waals surface area contributed by atoms with E-state index in [1.807, 2.05) is 78.6 Å². The van der Waals surface area contributed by atoms with Crippen molar-refractivity contribution in [3.05, 3.63) is 104 Å². The SMILES string of the molecule is CCC(=O)c1c(-c2ccccc2)c2cc(Br)ccc2c(=O)n1Cc1ccc(C(=O)N2CCNCC2)cc1. The number of benzene rings is 3. The zero-order valence-electron chi connectivity index (χ0n) is 20.7. The largest absolute Gasteiger partial charge is 0.336 e. The van der Waals surface area contributed by atoms with Gasteiger partial charge in [-0.1, -0.05) is 65.3 Å². The number of hydrogen-bond acceptors (Lipinski definition) is 4. The van der Waals surface area contributed by atoms with Crippen molar-refractivity contribution in [2.45, 2.75) is 19.9 Å². The molecule has 0 unspecified atom stereocenters. The molecule has 1 fully saturated rings. The van der Waals surface area contributed by atoms with Gasteiger partial charge in [0.05, 0.1) is 12.2 Å². The lowest BCUT2D eigenvalue weighted by Gasteiger charge is -2.27. The molecule has 0 aliphatic carbocycles. The van der Waals surface area contributed by atoms with Crippen LogP contribution < -0.4 is 10.9 Å². The zero-order chi connectivity index (χ0) is 25.9. The first-order valence-corrected chi connectivity index (χ1v) is 13.3. The van der Waals surface area contributed by atoms with Gasteiger partial charge in [-0.2, -0.15) is 0 Å². The number of carbonyl (C=O) groups excluding carboxylic acids is 2. The number of nitrogens with one attached hydrogen (secondary N) is 1. The van der Waals surface area contributed by atoms with Gasteiger partial charge in [-0.25, -0.2) is 0 Å². The van der Waals surface area contributed by atoms with E-state index in [4.69, 9.17) is 0 Å². The molecule has 0 bridgehead atoms. The van der Waals surface area contributed by atoms with Gasteiger partial charge in [0.25, 0.3) is 11.5 Å². The first kappa shape index (κ1) is 25.1. The summed E-state index contributed by atoms with van der Waals surface area (Å²) >= 11 is 3.53. The molecule has 2 heterocycles. The van der Waals surface area contributed by atoms with Crippen LogP contribution in [0.25, 0.3) is 21.9 Å². The Morgan fingerprint density at radius 2 is 1.62 bits per heavy atom. The minimum Gasteiger partial charge on any atom is -0.336 e. The van der Waals surface area contributed by atoms with Crippen molar-refractivity contribution >= 4 is 38.4 Å². The maximum Gasteiger partial charge on any atom is 0.259 e. The van der Waals surface area contributed by atoms with Gasteiger partial charge in [0.1, 0.15) is 0 Å². The number of ketones is 1. The highest BCUT2D eigenvalue weighted by atomic mass is 79.9. The Bertz CT molecular complexity index is 1520. The van der Waals surface area contributed by atoms with Crippen LogP contribution in [-0.4, -0.2) is 47.3 Å². The standard InChI is InChI=1S/C30H28BrN3O3/c1-2-26(35)28-27(21-6-4-3-5-7-21)25-18-23(31)12-13-24(25)30(37)34(28)19-20-8-10-22(11-9-20)29(36)33-16-14-32-15-17-33/h3-13,18,32H,2,14-17,19H2,1H3. The van der Waals surface area contributed by atoms with Crippen LogP contribution in [-0.2, 0) is 6.54 Å². The van der Waals surface area contributed by atoms with Gasteiger partial charge in [-0.05, 0) is 46.8 Å². The minimum absolute atomic E-state index is 0.00899. The number of hydrogen-bond donors (Lipinski definition) is 1. The molecule has 1 aliphatic rings. The molecule has 0 spiro atoms. The molecule has 7 heteroatoms. The summed E-state index contributed by atoms with van der Waals surface area (Å²) in [7, 11) is 0. The van der Waals surface area contributed by atoms with Crippen molar-refractivity contribution in [1.82, 2.24) is 14.8 Å². The third-order valence-corrected chi connectivity index (χ3v) is 7.32. The van der Waals surface area contributed by atoms with Crippen molar-refractivity contribution in [3.8, 4) is 11.1 Å². The van der Waals surface area contributed by atoms with Crippen molar-refractivity contribution < 1.29 is 9.59 Å². The zero-order valence-corrected chi connectivity index (χ0v) is 22.3. The lowest BCUT2D eigenvalue weighted by molar-refractivity contribution is 0.0735. The number of halogens is 1. The van der Waals surface area contributed by atoms with Crippen LogP contribution in [0, 0.1) is 0 Å². The van der Waals surface area contributed by atoms with Crippen LogP contribution in [0.5, 0.6) is 0 Å². The van der Waals surface area contributed by atoms with E-state index in [9.17, 15) is 14.4 Å². The second-order valence-corrected chi connectivity index (χ2v) is 10.1. The maximum absolute atomic E-state index is 13.8. The first-order valence-electron chi connectivity index (χ1n) is 12.5. The molecule has 188 valence electrons. The number of aromatic nitrogens is 1. The fourth-order valence-corrected chi connectivity index (χ4v) is 5.27. The molecule has 1 amide bonds. The summed E-state index contributed by atoms with van der Waals surface area (Å²) in [5.74, 6) is -0.0851. The van der Waals surface area contributed by atoms with Crippen LogP contribution in [0.4, 0.5) is 0 Å². The molecule has 5 rings (SSSR count). The number of piperazine rings is 1. The lowest BCUT2D eigenvalue weighted by Crippen LogP contribution is -2.46. The summed E-state index contributed by atoms with van der Waals surface area (Å²) in [5.41, 5.74) is 3.31. The Kier molecular flexibility index (Phi) is 7.35. The molecule has 6 nitrogen and oxygen atoms in total. The molecule has 1 saturated heterocycles. The normalized spacial score (nSPS) is 13.6. The highest BCUT2D eigenvalue weighted by molar-refractivity contribution is 9.10. The van der Waals surface area contributed by atoms with Crippen molar-refractivity contribution in [3.63, 3.8) is 0 Å². The predicted octanol–water partition coefficient (Wildman–Crippen LogP) is 5.12. The molecule has 1 aliphatic heterocycles. The van der Waals surface area contributed by atoms with Crippen molar-refractivity contribution in [1.29, 1.82) is 0 Å². The number of amides is 1. The summed E-state index contributed by atoms with van der Waals surface area (Å²) < 4.78 is 2.44. The predicted molar refractivity (Wildman–Crippen MR) is 150 cm³/mol. The van der Waals surface area contributed by atoms with Crippen LogP contribution in [0.1, 0.15) is 39.8 Å². The van der Waals surface area contributed by atoms with Crippen LogP contribution in [0.2, 0.25) is 0 Å². The van der Waals surface area contributed by atoms with Gasteiger partial charge >= 0.3 is 0 Å². The maximum atomic E-state index is 13.8. The summed E-state index contributed by atoms with van der Waals surface area (Å²) in [6.07, 6.45) is 0.275. The third kappa shape index (κ3) is 5.02. The molecular formula is C30H28BrN3O3. The fourth-order valence-electron chi connectivity index (χ4n) is 4.91. The topological polar surface area (TPSA) is 71.4 Å². The number of rotatable bonds is 6. The first-order chi connectivity index (χ1) is 18.0. The average Bonchev–Trinajstić information content (AvgIpc) is 2.94. The van der Waals surface area contributed by atoms with Crippen LogP contribution in [0.15, 0.2) is 82.1 Å². The molecule has 0 saturated carbocycles. The Balaban J connectivity index is 1.62. The molecule has 0 atom stereocenters. The molecule has 0 radical (unpaired) electrons. The summed E-state index contributed by atoms with van der Waals surface area (Å²) in [4.78, 5) is 41.9. The highest BCUT2D eigenvalue weighted by Crippen LogP contribution is 2.33. The number of Topliss-reactive ketones (excluding diaryl/α,β-unsaturated/α-hetero) is 1. The number of carbonyl (C=O) groups is 2. The van der Waals surface area contributed by atoms with E-state index in [-0.39, 0.29) is 30.2 Å². The summed E-state index contributed by atoms with van der Waals surface area (Å²) in [5, 5.41) is 4.56. The van der Waals surface area contributed by atoms with Gasteiger partial charge in [0.2, 0.25) is 0 Å². The van der Waals surface area contributed by atoms with Gasteiger partial charge < -0.3 is 10.2 Å². The van der Waals surface area contributed by atoms with Crippen LogP contribution >= 0.6 is 15.9 Å². The molecule has 4 aromatic rings. The second-order valence-electron chi connectivity index (χ2n) is 9.19. The number of pyridine rings is 1. The molecule has 3 aromatic carbocycles. The monoisotopic (exact) mass is 557 g/mol. The minimum atomic E-state index is -0.208. The summed E-state index contributed by atoms with van der Waals surface area (Å²) in [6.45, 7) is 5.01. The number of nitrogens with zero attached hydrogens (tertiary/aromatic N) is 2. The fraction of sp³-hybridized carbons (Fsp3) is 0.233. The molecular weight excluding hydrogens is 530 g/mol. The van der Waals surface area contributed by atoms with E-state index in [1.54, 1.807) is 10.6 Å². The van der Waals surface area contributed by atoms with Gasteiger partial charge in [-0.3, -0.25) is 19.0 Å². The van der Waals surface area contributed by atoms with Crippen molar-refractivity contribution in [2.24, 2.45) is 0 Å². The Morgan fingerprint density at radius 3 is 2.30 bits per heavy atom. The van der Waals surface area contributed by atoms with Gasteiger partial charge in [0.15, 0.2) is 5.78 Å². The van der Waals surface area contributed by atoms with E-state index in [1.165, 1.54) is 0 Å². The van der Waals surface area contributed by atoms with E-state index in [0.717, 1.165) is 39.6 Å². The Labute approximate surface area is 224 Å². The Hall–Kier alpha value is -3.55. The number of fused-ring (bicyclic) bond motifs is 1. The Morgan fingerprint density at radius 1 is 0.919 bits per heavy atom. The smallest absolute Gasteiger partial charge is 0.259 e. The van der Waals surface area contributed by atoms with E-state index in [2.05, 4.69) is 21.2 Å². The lowest BCUT2D eigenvalue weighted by atomic mass is 9.94. The molecule has 37 heavy (non-hydrogen) atoms. The van der Waals surface area contributed by atoms with E-state index in [0.29, 0.717) is 29.7 Å². The second kappa shape index (κ2) is 10.8. The van der Waals surface area contributed by atoms with Crippen molar-refractivity contribution in [2.75, 3.05) is 26.2 Å². The summed E-state index contributed by atoms with van der Waals surface area (Å²) in [6, 6.07) is 22.7. The quantitative estimate of drug-likeness (QED) is 0.334. The average molecular weight is 558 g/mol. The molecule has 1 aromatic heterocycles. The molecule has 1 N–H and O–H groups in total.